The van der Waals surface area contributed by atoms with E-state index in [9.17, 15) is 0 Å². The van der Waals surface area contributed by atoms with Crippen LogP contribution in [-0.2, 0) is 5.41 Å². The van der Waals surface area contributed by atoms with Crippen molar-refractivity contribution in [2.45, 2.75) is 19.3 Å². The molecule has 0 unspecified atom stereocenters. The van der Waals surface area contributed by atoms with E-state index >= 15 is 0 Å². The maximum atomic E-state index is 6.99. The molecule has 232 valence electrons. The van der Waals surface area contributed by atoms with Crippen molar-refractivity contribution in [1.29, 1.82) is 0 Å². The Bertz CT molecular complexity index is 2740. The zero-order valence-corrected chi connectivity index (χ0v) is 27.4. The van der Waals surface area contributed by atoms with Crippen LogP contribution in [0, 0.1) is 0 Å². The van der Waals surface area contributed by atoms with Gasteiger partial charge in [0.25, 0.3) is 0 Å². The van der Waals surface area contributed by atoms with E-state index in [1.807, 2.05) is 0 Å². The first-order valence-electron chi connectivity index (χ1n) is 17.0. The Morgan fingerprint density at radius 1 is 0.449 bits per heavy atom. The highest BCUT2D eigenvalue weighted by Crippen LogP contribution is 2.56. The fourth-order valence-electron chi connectivity index (χ4n) is 8.25. The first-order chi connectivity index (χ1) is 24.1. The Hall–Kier alpha value is -6.12. The Kier molecular flexibility index (Phi) is 5.95. The lowest BCUT2D eigenvalue weighted by Crippen LogP contribution is -2.17. The summed E-state index contributed by atoms with van der Waals surface area (Å²) in [5.74, 6) is 0. The fourth-order valence-corrected chi connectivity index (χ4v) is 8.25. The summed E-state index contributed by atoms with van der Waals surface area (Å²) in [6.45, 7) is 4.76. The molecule has 0 spiro atoms. The highest BCUT2D eigenvalue weighted by Gasteiger charge is 2.38. The maximum absolute atomic E-state index is 6.99. The molecule has 1 aliphatic rings. The molecule has 49 heavy (non-hydrogen) atoms. The van der Waals surface area contributed by atoms with Crippen molar-refractivity contribution in [3.63, 3.8) is 0 Å². The van der Waals surface area contributed by atoms with Gasteiger partial charge in [-0.25, -0.2) is 0 Å². The zero-order valence-electron chi connectivity index (χ0n) is 27.4. The SMILES string of the molecule is CC1(C)c2cc3ccccc3cc2-c2c1cc(N(c1ccccc1)c1cccc3c1oc1c(-c4ccccc4)cccc13)c1ccccc21. The van der Waals surface area contributed by atoms with Gasteiger partial charge < -0.3 is 9.32 Å². The number of hydrogen-bond acceptors (Lipinski definition) is 2. The van der Waals surface area contributed by atoms with Crippen LogP contribution >= 0.6 is 0 Å². The van der Waals surface area contributed by atoms with E-state index < -0.39 is 0 Å². The van der Waals surface area contributed by atoms with Crippen molar-refractivity contribution in [2.24, 2.45) is 0 Å². The largest absolute Gasteiger partial charge is 0.453 e. The van der Waals surface area contributed by atoms with Crippen LogP contribution < -0.4 is 4.90 Å². The normalized spacial score (nSPS) is 13.3. The summed E-state index contributed by atoms with van der Waals surface area (Å²) in [4.78, 5) is 2.41. The smallest absolute Gasteiger partial charge is 0.159 e. The summed E-state index contributed by atoms with van der Waals surface area (Å²) in [5.41, 5.74) is 12.5. The van der Waals surface area contributed by atoms with Gasteiger partial charge in [0.15, 0.2) is 5.58 Å². The lowest BCUT2D eigenvalue weighted by molar-refractivity contribution is 0.661. The second-order valence-electron chi connectivity index (χ2n) is 13.7. The maximum Gasteiger partial charge on any atom is 0.159 e. The molecule has 0 radical (unpaired) electrons. The number of fused-ring (bicyclic) bond motifs is 9. The van der Waals surface area contributed by atoms with Crippen LogP contribution in [0.1, 0.15) is 25.0 Å². The molecule has 1 heterocycles. The Balaban J connectivity index is 1.28. The predicted molar refractivity (Wildman–Crippen MR) is 206 cm³/mol. The zero-order chi connectivity index (χ0) is 32.7. The van der Waals surface area contributed by atoms with Crippen LogP contribution in [0.25, 0.3) is 65.7 Å². The molecule has 10 rings (SSSR count). The molecular weight excluding hydrogens is 595 g/mol. The minimum atomic E-state index is -0.189. The number of nitrogens with zero attached hydrogens (tertiary/aromatic N) is 1. The summed E-state index contributed by atoms with van der Waals surface area (Å²) < 4.78 is 6.99. The molecule has 0 N–H and O–H groups in total. The molecule has 9 aromatic rings. The summed E-state index contributed by atoms with van der Waals surface area (Å²) >= 11 is 0. The summed E-state index contributed by atoms with van der Waals surface area (Å²) in [6, 6.07) is 59.2. The Morgan fingerprint density at radius 2 is 1.06 bits per heavy atom. The van der Waals surface area contributed by atoms with Crippen molar-refractivity contribution in [2.75, 3.05) is 4.90 Å². The van der Waals surface area contributed by atoms with Crippen molar-refractivity contribution in [1.82, 2.24) is 0 Å². The molecule has 0 saturated carbocycles. The minimum absolute atomic E-state index is 0.189. The molecule has 1 aliphatic carbocycles. The highest BCUT2D eigenvalue weighted by atomic mass is 16.3. The molecule has 2 heteroatoms. The van der Waals surface area contributed by atoms with E-state index in [2.05, 4.69) is 183 Å². The van der Waals surface area contributed by atoms with Crippen LogP contribution in [0.5, 0.6) is 0 Å². The predicted octanol–water partition coefficient (Wildman–Crippen LogP) is 13.3. The molecule has 0 atom stereocenters. The number of para-hydroxylation sites is 3. The molecule has 2 nitrogen and oxygen atoms in total. The van der Waals surface area contributed by atoms with Gasteiger partial charge in [-0.05, 0) is 80.4 Å². The molecular formula is C47H33NO. The third kappa shape index (κ3) is 4.07. The number of hydrogen-bond donors (Lipinski definition) is 0. The van der Waals surface area contributed by atoms with Crippen molar-refractivity contribution < 1.29 is 4.42 Å². The third-order valence-corrected chi connectivity index (χ3v) is 10.6. The van der Waals surface area contributed by atoms with E-state index in [-0.39, 0.29) is 5.41 Å². The van der Waals surface area contributed by atoms with E-state index in [0.717, 1.165) is 50.1 Å². The van der Waals surface area contributed by atoms with Crippen LogP contribution in [0.2, 0.25) is 0 Å². The monoisotopic (exact) mass is 627 g/mol. The van der Waals surface area contributed by atoms with Gasteiger partial charge in [0.2, 0.25) is 0 Å². The standard InChI is InChI=1S/C47H33NO/c1-47(2)40-28-32-18-10-9-17-31(32)27-39(40)44-36-22-12-11-21-35(36)43(29-41(44)47)48(33-19-7-4-8-20-33)42-26-14-25-38-37-24-13-23-34(45(37)49-46(38)42)30-15-5-3-6-16-30/h3-29H,1-2H3. The first-order valence-corrected chi connectivity index (χ1v) is 17.0. The number of anilines is 3. The van der Waals surface area contributed by atoms with E-state index in [0.29, 0.717) is 0 Å². The summed E-state index contributed by atoms with van der Waals surface area (Å²) in [6.07, 6.45) is 0. The number of rotatable bonds is 4. The number of furan rings is 1. The van der Waals surface area contributed by atoms with Gasteiger partial charge in [0.1, 0.15) is 5.58 Å². The van der Waals surface area contributed by atoms with Gasteiger partial charge in [-0.2, -0.15) is 0 Å². The Labute approximate surface area is 285 Å². The summed E-state index contributed by atoms with van der Waals surface area (Å²) in [5, 5.41) is 7.25. The molecule has 8 aromatic carbocycles. The lowest BCUT2D eigenvalue weighted by atomic mass is 9.81. The third-order valence-electron chi connectivity index (χ3n) is 10.6. The van der Waals surface area contributed by atoms with E-state index in [1.165, 1.54) is 43.8 Å². The van der Waals surface area contributed by atoms with Gasteiger partial charge in [-0.3, -0.25) is 0 Å². The van der Waals surface area contributed by atoms with Crippen molar-refractivity contribution in [3.8, 4) is 22.3 Å². The average molecular weight is 628 g/mol. The van der Waals surface area contributed by atoms with Gasteiger partial charge in [0, 0.05) is 32.8 Å². The molecule has 0 saturated heterocycles. The van der Waals surface area contributed by atoms with Gasteiger partial charge in [0.05, 0.1) is 11.4 Å². The molecule has 0 aliphatic heterocycles. The lowest BCUT2D eigenvalue weighted by Gasteiger charge is -2.29. The van der Waals surface area contributed by atoms with E-state index in [1.54, 1.807) is 0 Å². The van der Waals surface area contributed by atoms with Crippen LogP contribution in [0.15, 0.2) is 168 Å². The minimum Gasteiger partial charge on any atom is -0.453 e. The Morgan fingerprint density at radius 3 is 1.84 bits per heavy atom. The topological polar surface area (TPSA) is 16.4 Å². The average Bonchev–Trinajstić information content (AvgIpc) is 3.64. The molecule has 0 bridgehead atoms. The van der Waals surface area contributed by atoms with E-state index in [4.69, 9.17) is 4.42 Å². The van der Waals surface area contributed by atoms with Crippen LogP contribution in [-0.4, -0.2) is 0 Å². The first kappa shape index (κ1) is 27.9. The van der Waals surface area contributed by atoms with Gasteiger partial charge in [-0.15, -0.1) is 0 Å². The van der Waals surface area contributed by atoms with Gasteiger partial charge >= 0.3 is 0 Å². The molecule has 1 aromatic heterocycles. The van der Waals surface area contributed by atoms with Crippen LogP contribution in [0.3, 0.4) is 0 Å². The molecule has 0 fully saturated rings. The number of benzene rings is 8. The fraction of sp³-hybridized carbons (Fsp3) is 0.0638. The second kappa shape index (κ2) is 10.4. The van der Waals surface area contributed by atoms with Crippen molar-refractivity contribution in [3.05, 3.63) is 175 Å². The summed E-state index contributed by atoms with van der Waals surface area (Å²) in [7, 11) is 0. The second-order valence-corrected chi connectivity index (χ2v) is 13.7. The molecule has 0 amide bonds. The van der Waals surface area contributed by atoms with Crippen molar-refractivity contribution >= 4 is 60.5 Å². The van der Waals surface area contributed by atoms with Gasteiger partial charge in [-0.1, -0.05) is 141 Å². The highest BCUT2D eigenvalue weighted by molar-refractivity contribution is 6.16. The quantitative estimate of drug-likeness (QED) is 0.193. The van der Waals surface area contributed by atoms with Crippen LogP contribution in [0.4, 0.5) is 17.1 Å².